The molecule has 1 aromatic carbocycles. The Morgan fingerprint density at radius 1 is 1.40 bits per heavy atom. The van der Waals surface area contributed by atoms with Gasteiger partial charge in [-0.25, -0.2) is 0 Å². The normalized spacial score (nSPS) is 17.0. The Bertz CT molecular complexity index is 364. The Balaban J connectivity index is 2.39. The number of ether oxygens (including phenoxy) is 3. The number of methoxy groups -OCH3 is 1. The maximum absolute atomic E-state index is 5.96. The average molecular weight is 294 g/mol. The lowest BCUT2D eigenvalue weighted by molar-refractivity contribution is -0.0455. The minimum Gasteiger partial charge on any atom is -0.496 e. The largest absolute Gasteiger partial charge is 0.496 e. The van der Waals surface area contributed by atoms with Gasteiger partial charge in [0, 0.05) is 10.5 Å². The molecule has 82 valence electrons. The van der Waals surface area contributed by atoms with Crippen LogP contribution in [0.2, 0.25) is 5.02 Å². The molecule has 5 heteroatoms. The molecule has 1 aromatic rings. The van der Waals surface area contributed by atoms with E-state index < -0.39 is 0 Å². The number of halogens is 2. The van der Waals surface area contributed by atoms with Crippen LogP contribution < -0.4 is 4.74 Å². The van der Waals surface area contributed by atoms with E-state index in [2.05, 4.69) is 15.9 Å². The maximum atomic E-state index is 5.96. The van der Waals surface area contributed by atoms with Crippen LogP contribution in [0, 0.1) is 0 Å². The third-order valence-corrected chi connectivity index (χ3v) is 3.35. The molecule has 0 bridgehead atoms. The first-order valence-electron chi connectivity index (χ1n) is 4.48. The van der Waals surface area contributed by atoms with Crippen LogP contribution in [0.4, 0.5) is 0 Å². The highest BCUT2D eigenvalue weighted by Crippen LogP contribution is 2.37. The second kappa shape index (κ2) is 4.70. The summed E-state index contributed by atoms with van der Waals surface area (Å²) in [6.07, 6.45) is -0.353. The van der Waals surface area contributed by atoms with Gasteiger partial charge in [-0.1, -0.05) is 11.6 Å². The molecule has 2 rings (SSSR count). The predicted molar refractivity (Wildman–Crippen MR) is 60.3 cm³/mol. The summed E-state index contributed by atoms with van der Waals surface area (Å²) < 4.78 is 16.9. The van der Waals surface area contributed by atoms with Gasteiger partial charge in [-0.2, -0.15) is 0 Å². The van der Waals surface area contributed by atoms with Gasteiger partial charge in [0.25, 0.3) is 0 Å². The molecule has 0 saturated carbocycles. The fourth-order valence-electron chi connectivity index (χ4n) is 1.44. The first kappa shape index (κ1) is 11.2. The van der Waals surface area contributed by atoms with Crippen LogP contribution in [0.25, 0.3) is 0 Å². The lowest BCUT2D eigenvalue weighted by Gasteiger charge is -2.14. The lowest BCUT2D eigenvalue weighted by Crippen LogP contribution is -2.01. The molecule has 1 saturated heterocycles. The topological polar surface area (TPSA) is 27.7 Å². The highest BCUT2D eigenvalue weighted by Gasteiger charge is 2.23. The summed E-state index contributed by atoms with van der Waals surface area (Å²) in [7, 11) is 1.60. The quantitative estimate of drug-likeness (QED) is 0.838. The second-order valence-corrected chi connectivity index (χ2v) is 4.34. The number of hydrogen-bond donors (Lipinski definition) is 0. The van der Waals surface area contributed by atoms with Crippen LogP contribution in [-0.4, -0.2) is 20.3 Å². The summed E-state index contributed by atoms with van der Waals surface area (Å²) in [4.78, 5) is 0. The van der Waals surface area contributed by atoms with Gasteiger partial charge < -0.3 is 14.2 Å². The Morgan fingerprint density at radius 3 is 2.67 bits per heavy atom. The highest BCUT2D eigenvalue weighted by atomic mass is 79.9. The van der Waals surface area contributed by atoms with Crippen molar-refractivity contribution in [2.45, 2.75) is 6.29 Å². The summed E-state index contributed by atoms with van der Waals surface area (Å²) >= 11 is 9.32. The smallest absolute Gasteiger partial charge is 0.187 e. The molecular formula is C10H10BrClO3. The van der Waals surface area contributed by atoms with E-state index in [-0.39, 0.29) is 6.29 Å². The fraction of sp³-hybridized carbons (Fsp3) is 0.400. The standard InChI is InChI=1S/C10H10BrClO3/c1-13-9-5-8(12)7(11)4-6(9)10-14-2-3-15-10/h4-5,10H,2-3H2,1H3. The van der Waals surface area contributed by atoms with E-state index in [9.17, 15) is 0 Å². The van der Waals surface area contributed by atoms with Gasteiger partial charge in [0.15, 0.2) is 6.29 Å². The Kier molecular flexibility index (Phi) is 3.51. The van der Waals surface area contributed by atoms with Crippen molar-refractivity contribution >= 4 is 27.5 Å². The summed E-state index contributed by atoms with van der Waals surface area (Å²) in [5, 5.41) is 0.605. The van der Waals surface area contributed by atoms with Crippen molar-refractivity contribution < 1.29 is 14.2 Å². The molecule has 0 atom stereocenters. The van der Waals surface area contributed by atoms with E-state index in [1.54, 1.807) is 13.2 Å². The highest BCUT2D eigenvalue weighted by molar-refractivity contribution is 9.10. The molecule has 1 heterocycles. The summed E-state index contributed by atoms with van der Waals surface area (Å²) in [5.74, 6) is 0.676. The van der Waals surface area contributed by atoms with E-state index in [4.69, 9.17) is 25.8 Å². The van der Waals surface area contributed by atoms with Crippen LogP contribution in [0.3, 0.4) is 0 Å². The van der Waals surface area contributed by atoms with E-state index in [0.717, 1.165) is 10.0 Å². The molecule has 0 unspecified atom stereocenters. The number of hydrogen-bond acceptors (Lipinski definition) is 3. The summed E-state index contributed by atoms with van der Waals surface area (Å²) in [6, 6.07) is 3.60. The third-order valence-electron chi connectivity index (χ3n) is 2.15. The SMILES string of the molecule is COc1cc(Cl)c(Br)cc1C1OCCO1. The van der Waals surface area contributed by atoms with Crippen molar-refractivity contribution in [1.29, 1.82) is 0 Å². The summed E-state index contributed by atoms with van der Waals surface area (Å²) in [5.41, 5.74) is 0.853. The van der Waals surface area contributed by atoms with Crippen LogP contribution in [0.1, 0.15) is 11.9 Å². The van der Waals surface area contributed by atoms with Crippen molar-refractivity contribution in [3.63, 3.8) is 0 Å². The van der Waals surface area contributed by atoms with E-state index >= 15 is 0 Å². The Labute approximate surface area is 101 Å². The number of benzene rings is 1. The molecule has 0 aromatic heterocycles. The maximum Gasteiger partial charge on any atom is 0.187 e. The van der Waals surface area contributed by atoms with E-state index in [1.165, 1.54) is 0 Å². The molecule has 1 fully saturated rings. The molecule has 3 nitrogen and oxygen atoms in total. The molecule has 1 aliphatic rings. The Morgan fingerprint density at radius 2 is 2.07 bits per heavy atom. The molecule has 0 radical (unpaired) electrons. The molecule has 0 spiro atoms. The van der Waals surface area contributed by atoms with Crippen LogP contribution >= 0.6 is 27.5 Å². The zero-order valence-corrected chi connectivity index (χ0v) is 10.5. The van der Waals surface area contributed by atoms with Crippen molar-refractivity contribution in [3.05, 3.63) is 27.2 Å². The molecule has 0 amide bonds. The van der Waals surface area contributed by atoms with Gasteiger partial charge in [-0.05, 0) is 22.0 Å². The minimum atomic E-state index is -0.353. The van der Waals surface area contributed by atoms with Crippen LogP contribution in [-0.2, 0) is 9.47 Å². The Hall–Kier alpha value is -0.290. The van der Waals surface area contributed by atoms with Crippen LogP contribution in [0.5, 0.6) is 5.75 Å². The van der Waals surface area contributed by atoms with Crippen molar-refractivity contribution in [1.82, 2.24) is 0 Å². The third kappa shape index (κ3) is 2.28. The monoisotopic (exact) mass is 292 g/mol. The fourth-order valence-corrected chi connectivity index (χ4v) is 1.96. The van der Waals surface area contributed by atoms with Crippen molar-refractivity contribution in [2.75, 3.05) is 20.3 Å². The van der Waals surface area contributed by atoms with Gasteiger partial charge in [0.05, 0.1) is 30.9 Å². The van der Waals surface area contributed by atoms with Gasteiger partial charge in [0.2, 0.25) is 0 Å². The summed E-state index contributed by atoms with van der Waals surface area (Å²) in [6.45, 7) is 1.21. The number of rotatable bonds is 2. The predicted octanol–water partition coefficient (Wildman–Crippen LogP) is 3.16. The van der Waals surface area contributed by atoms with Crippen molar-refractivity contribution in [2.24, 2.45) is 0 Å². The minimum absolute atomic E-state index is 0.353. The van der Waals surface area contributed by atoms with Gasteiger partial charge in [-0.15, -0.1) is 0 Å². The lowest BCUT2D eigenvalue weighted by atomic mass is 10.2. The molecule has 0 aliphatic carbocycles. The van der Waals surface area contributed by atoms with Crippen LogP contribution in [0.15, 0.2) is 16.6 Å². The molecule has 1 aliphatic heterocycles. The van der Waals surface area contributed by atoms with E-state index in [0.29, 0.717) is 24.0 Å². The average Bonchev–Trinajstić information content (AvgIpc) is 2.74. The van der Waals surface area contributed by atoms with Gasteiger partial charge in [0.1, 0.15) is 5.75 Å². The zero-order chi connectivity index (χ0) is 10.8. The van der Waals surface area contributed by atoms with E-state index in [1.807, 2.05) is 6.07 Å². The molecular weight excluding hydrogens is 283 g/mol. The molecule has 0 N–H and O–H groups in total. The second-order valence-electron chi connectivity index (χ2n) is 3.08. The molecule has 15 heavy (non-hydrogen) atoms. The van der Waals surface area contributed by atoms with Crippen molar-refractivity contribution in [3.8, 4) is 5.75 Å². The first-order chi connectivity index (χ1) is 7.22. The first-order valence-corrected chi connectivity index (χ1v) is 5.65. The zero-order valence-electron chi connectivity index (χ0n) is 8.13. The van der Waals surface area contributed by atoms with Gasteiger partial charge >= 0.3 is 0 Å². The van der Waals surface area contributed by atoms with Gasteiger partial charge in [-0.3, -0.25) is 0 Å².